The summed E-state index contributed by atoms with van der Waals surface area (Å²) in [6.45, 7) is -1.01. The topological polar surface area (TPSA) is 87.9 Å². The molecule has 9 nitrogen and oxygen atoms in total. The zero-order valence-electron chi connectivity index (χ0n) is 25.4. The number of rotatable bonds is 6. The Hall–Kier alpha value is -0.570. The summed E-state index contributed by atoms with van der Waals surface area (Å²) in [5.74, 6) is 1.36. The number of methoxy groups -OCH3 is 1. The van der Waals surface area contributed by atoms with Crippen LogP contribution in [0.1, 0.15) is 49.1 Å². The molecule has 9 unspecified atom stereocenters. The minimum Gasteiger partial charge on any atom is -0.366 e. The summed E-state index contributed by atoms with van der Waals surface area (Å²) < 4.78 is 70.3. The van der Waals surface area contributed by atoms with Gasteiger partial charge in [-0.25, -0.2) is 5.01 Å². The fourth-order valence-corrected chi connectivity index (χ4v) is 8.07. The van der Waals surface area contributed by atoms with Gasteiger partial charge in [0.15, 0.2) is 0 Å². The Morgan fingerprint density at radius 3 is 2.39 bits per heavy atom. The number of hydrazine groups is 1. The van der Waals surface area contributed by atoms with Crippen LogP contribution in [0.4, 0.5) is 13.2 Å². The Morgan fingerprint density at radius 1 is 0.974 bits per heavy atom. The van der Waals surface area contributed by atoms with Crippen LogP contribution >= 0.6 is 0 Å². The lowest BCUT2D eigenvalue weighted by molar-refractivity contribution is -0.150. The van der Waals surface area contributed by atoms with Crippen molar-refractivity contribution >= 4 is 0 Å². The maximum Gasteiger partial charge on any atom is 0.405 e. The molecule has 6 fully saturated rings. The molecule has 0 aromatic heterocycles. The van der Waals surface area contributed by atoms with Crippen molar-refractivity contribution in [3.63, 3.8) is 0 Å². The second-order valence-corrected chi connectivity index (χ2v) is 12.6. The molecule has 2 saturated carbocycles. The quantitative estimate of drug-likeness (QED) is 0.286. The van der Waals surface area contributed by atoms with Crippen molar-refractivity contribution in [3.05, 3.63) is 0 Å². The van der Waals surface area contributed by atoms with E-state index in [1.807, 2.05) is 4.90 Å². The highest BCUT2D eigenvalue weighted by Crippen LogP contribution is 2.40. The Bertz CT molecular complexity index is 906. The molecule has 9 atom stereocenters. The molecule has 4 heterocycles. The molecule has 0 amide bonds. The molecule has 0 radical (unpaired) electrons. The van der Waals surface area contributed by atoms with E-state index in [1.54, 1.807) is 14.2 Å². The fourth-order valence-electron chi connectivity index (χ4n) is 8.07. The third kappa shape index (κ3) is 5.49. The van der Waals surface area contributed by atoms with Crippen LogP contribution in [0.3, 0.4) is 0 Å². The van der Waals surface area contributed by atoms with Crippen LogP contribution in [-0.2, 0) is 4.74 Å². The second kappa shape index (κ2) is 11.0. The number of likely N-dealkylation sites (N-methyl/N-ethyl adjacent to an activating group) is 2. The van der Waals surface area contributed by atoms with Crippen LogP contribution in [0.25, 0.3) is 0 Å². The molecule has 0 bridgehead atoms. The molecule has 4 saturated heterocycles. The number of nitrogens with one attached hydrogen (secondary N) is 6. The smallest absolute Gasteiger partial charge is 0.366 e. The Kier molecular flexibility index (Phi) is 6.98. The molecule has 0 spiro atoms. The van der Waals surface area contributed by atoms with Crippen LogP contribution in [0.15, 0.2) is 0 Å². The lowest BCUT2D eigenvalue weighted by Crippen LogP contribution is -2.72. The minimum absolute atomic E-state index is 0.00739. The van der Waals surface area contributed by atoms with E-state index in [0.717, 1.165) is 32.1 Å². The zero-order chi connectivity index (χ0) is 29.1. The predicted octanol–water partition coefficient (Wildman–Crippen LogP) is 0.567. The highest BCUT2D eigenvalue weighted by Gasteiger charge is 2.52. The SMILES string of the molecule is [2H]C([2H])([2H])N1NC(CC2CCC(C3NC(C(F)(F)F)CN3C)CC2)C2NC(C3C(OC)NCNC3C3CC3)NCC21. The van der Waals surface area contributed by atoms with Gasteiger partial charge >= 0.3 is 6.18 Å². The van der Waals surface area contributed by atoms with Crippen molar-refractivity contribution in [1.29, 1.82) is 0 Å². The van der Waals surface area contributed by atoms with E-state index in [0.29, 0.717) is 31.1 Å². The third-order valence-electron chi connectivity index (χ3n) is 10.2. The summed E-state index contributed by atoms with van der Waals surface area (Å²) in [5.41, 5.74) is 3.37. The van der Waals surface area contributed by atoms with Gasteiger partial charge in [-0.1, -0.05) is 12.8 Å². The molecule has 0 aromatic rings. The fraction of sp³-hybridized carbons (Fsp3) is 1.00. The van der Waals surface area contributed by atoms with E-state index >= 15 is 0 Å². The maximum absolute atomic E-state index is 13.3. The molecule has 12 heteroatoms. The first kappa shape index (κ1) is 24.1. The standard InChI is InChI=1S/C26H47F3N8O/c1-36-12-19(26(27,28)29)33-24(36)16-6-4-14(5-7-16)10-17-22-18(37(2)35-17)11-30-23(34-22)20-21(15-8-9-15)31-13-32-25(20)38-3/h14-25,30-35H,4-13H2,1-3H3/i2D3. The number of hydrogen-bond acceptors (Lipinski definition) is 9. The minimum atomic E-state index is -4.23. The number of ether oxygens (including phenoxy) is 1. The van der Waals surface area contributed by atoms with E-state index in [2.05, 4.69) is 32.0 Å². The lowest BCUT2D eigenvalue weighted by Gasteiger charge is -2.48. The number of hydrogen-bond donors (Lipinski definition) is 6. The van der Waals surface area contributed by atoms with Gasteiger partial charge in [0.2, 0.25) is 0 Å². The summed E-state index contributed by atoms with van der Waals surface area (Å²) >= 11 is 0. The van der Waals surface area contributed by atoms with Gasteiger partial charge in [-0.3, -0.25) is 31.6 Å². The van der Waals surface area contributed by atoms with Gasteiger partial charge in [0, 0.05) is 62.0 Å². The van der Waals surface area contributed by atoms with Crippen LogP contribution in [-0.4, -0.2) is 106 Å². The Balaban J connectivity index is 1.10. The maximum atomic E-state index is 13.3. The molecule has 6 aliphatic rings. The molecule has 0 aromatic carbocycles. The van der Waals surface area contributed by atoms with Crippen molar-refractivity contribution in [2.45, 2.75) is 99.9 Å². The summed E-state index contributed by atoms with van der Waals surface area (Å²) in [7, 11) is 3.51. The highest BCUT2D eigenvalue weighted by atomic mass is 19.4. The highest BCUT2D eigenvalue weighted by molar-refractivity contribution is 5.08. The first-order valence-corrected chi connectivity index (χ1v) is 14.5. The van der Waals surface area contributed by atoms with Gasteiger partial charge in [0.05, 0.1) is 18.4 Å². The van der Waals surface area contributed by atoms with Crippen molar-refractivity contribution in [2.75, 3.05) is 40.9 Å². The normalized spacial score (nSPS) is 48.9. The zero-order valence-corrected chi connectivity index (χ0v) is 22.4. The van der Waals surface area contributed by atoms with Crippen molar-refractivity contribution < 1.29 is 22.0 Å². The van der Waals surface area contributed by atoms with E-state index < -0.39 is 19.2 Å². The monoisotopic (exact) mass is 547 g/mol. The lowest BCUT2D eigenvalue weighted by atomic mass is 9.76. The molecule has 218 valence electrons. The van der Waals surface area contributed by atoms with Crippen LogP contribution < -0.4 is 32.0 Å². The predicted molar refractivity (Wildman–Crippen MR) is 139 cm³/mol. The van der Waals surface area contributed by atoms with E-state index in [9.17, 15) is 13.2 Å². The number of alkyl halides is 3. The van der Waals surface area contributed by atoms with Gasteiger partial charge in [-0.05, 0) is 56.9 Å². The summed E-state index contributed by atoms with van der Waals surface area (Å²) in [5, 5.41) is 18.8. The van der Waals surface area contributed by atoms with E-state index in [-0.39, 0.29) is 55.1 Å². The van der Waals surface area contributed by atoms with Gasteiger partial charge < -0.3 is 10.1 Å². The van der Waals surface area contributed by atoms with E-state index in [1.165, 1.54) is 17.9 Å². The summed E-state index contributed by atoms with van der Waals surface area (Å²) in [6.07, 6.45) is 2.25. The van der Waals surface area contributed by atoms with Crippen LogP contribution in [0.2, 0.25) is 0 Å². The largest absolute Gasteiger partial charge is 0.405 e. The molecule has 2 aliphatic carbocycles. The van der Waals surface area contributed by atoms with Crippen molar-refractivity contribution in [1.82, 2.24) is 41.9 Å². The molecular formula is C26H47F3N8O. The van der Waals surface area contributed by atoms with E-state index in [4.69, 9.17) is 8.85 Å². The third-order valence-corrected chi connectivity index (χ3v) is 10.2. The van der Waals surface area contributed by atoms with Crippen molar-refractivity contribution in [3.8, 4) is 0 Å². The number of halogens is 3. The first-order chi connectivity index (χ1) is 19.4. The van der Waals surface area contributed by atoms with Crippen LogP contribution in [0.5, 0.6) is 0 Å². The Labute approximate surface area is 228 Å². The average Bonchev–Trinajstić information content (AvgIpc) is 3.60. The molecule has 6 rings (SSSR count). The second-order valence-electron chi connectivity index (χ2n) is 12.6. The van der Waals surface area contributed by atoms with Gasteiger partial charge in [-0.15, -0.1) is 0 Å². The van der Waals surface area contributed by atoms with Gasteiger partial charge in [0.1, 0.15) is 12.3 Å². The van der Waals surface area contributed by atoms with Crippen molar-refractivity contribution in [2.24, 2.45) is 23.7 Å². The molecule has 6 N–H and O–H groups in total. The number of fused-ring (bicyclic) bond motifs is 1. The summed E-state index contributed by atoms with van der Waals surface area (Å²) in [4.78, 5) is 1.82. The summed E-state index contributed by atoms with van der Waals surface area (Å²) in [6, 6.07) is -1.46. The average molecular weight is 548 g/mol. The number of nitrogens with zero attached hydrogens (tertiary/aromatic N) is 2. The molecular weight excluding hydrogens is 497 g/mol. The van der Waals surface area contributed by atoms with Gasteiger partial charge in [0.25, 0.3) is 0 Å². The molecule has 38 heavy (non-hydrogen) atoms. The van der Waals surface area contributed by atoms with Crippen LogP contribution in [0, 0.1) is 23.7 Å². The first-order valence-electron chi connectivity index (χ1n) is 16.0. The Morgan fingerprint density at radius 2 is 1.74 bits per heavy atom. The van der Waals surface area contributed by atoms with Gasteiger partial charge in [-0.2, -0.15) is 13.2 Å². The molecule has 4 aliphatic heterocycles.